The summed E-state index contributed by atoms with van der Waals surface area (Å²) in [5.74, 6) is 3.64. The van der Waals surface area contributed by atoms with Gasteiger partial charge in [0.15, 0.2) is 0 Å². The van der Waals surface area contributed by atoms with Gasteiger partial charge >= 0.3 is 0 Å². The first kappa shape index (κ1) is 10.8. The molecular weight excluding hydrogens is 192 g/mol. The van der Waals surface area contributed by atoms with Crippen LogP contribution in [0.3, 0.4) is 0 Å². The summed E-state index contributed by atoms with van der Waals surface area (Å²) in [7, 11) is 0. The van der Waals surface area contributed by atoms with Gasteiger partial charge in [-0.2, -0.15) is 11.8 Å². The Kier molecular flexibility index (Phi) is 4.14. The molecule has 2 aliphatic rings. The van der Waals surface area contributed by atoms with Crippen LogP contribution in [0.1, 0.15) is 19.8 Å². The number of rotatable bonds is 5. The van der Waals surface area contributed by atoms with Crippen LogP contribution in [0.2, 0.25) is 0 Å². The highest BCUT2D eigenvalue weighted by molar-refractivity contribution is 7.99. The van der Waals surface area contributed by atoms with Crippen molar-refractivity contribution in [1.82, 2.24) is 10.2 Å². The molecule has 1 saturated carbocycles. The molecule has 0 spiro atoms. The lowest BCUT2D eigenvalue weighted by atomic mass is 10.2. The normalized spacial score (nSPS) is 28.3. The van der Waals surface area contributed by atoms with Crippen molar-refractivity contribution in [2.24, 2.45) is 5.92 Å². The molecule has 14 heavy (non-hydrogen) atoms. The molecule has 3 heteroatoms. The molecule has 1 aliphatic carbocycles. The summed E-state index contributed by atoms with van der Waals surface area (Å²) in [6.45, 7) is 7.33. The molecule has 1 heterocycles. The second-order valence-electron chi connectivity index (χ2n) is 4.52. The van der Waals surface area contributed by atoms with Crippen molar-refractivity contribution in [3.8, 4) is 0 Å². The summed E-state index contributed by atoms with van der Waals surface area (Å²) < 4.78 is 0. The number of nitrogens with one attached hydrogen (secondary N) is 1. The summed E-state index contributed by atoms with van der Waals surface area (Å²) in [5.41, 5.74) is 0. The quantitative estimate of drug-likeness (QED) is 0.745. The van der Waals surface area contributed by atoms with Crippen LogP contribution in [0.4, 0.5) is 0 Å². The van der Waals surface area contributed by atoms with E-state index in [9.17, 15) is 0 Å². The molecule has 0 aromatic heterocycles. The lowest BCUT2D eigenvalue weighted by molar-refractivity contribution is 0.251. The number of thioether (sulfide) groups is 1. The average Bonchev–Trinajstić information content (AvgIpc) is 3.02. The number of hydrogen-bond donors (Lipinski definition) is 1. The van der Waals surface area contributed by atoms with Crippen molar-refractivity contribution in [3.05, 3.63) is 0 Å². The molecule has 1 N–H and O–H groups in total. The predicted octanol–water partition coefficient (Wildman–Crippen LogP) is 1.42. The molecule has 0 amide bonds. The van der Waals surface area contributed by atoms with Gasteiger partial charge in [-0.25, -0.2) is 0 Å². The molecule has 0 aromatic carbocycles. The summed E-state index contributed by atoms with van der Waals surface area (Å²) in [4.78, 5) is 2.63. The van der Waals surface area contributed by atoms with E-state index < -0.39 is 0 Å². The third-order valence-corrected chi connectivity index (χ3v) is 4.27. The van der Waals surface area contributed by atoms with E-state index in [1.807, 2.05) is 0 Å². The Morgan fingerprint density at radius 3 is 2.79 bits per heavy atom. The van der Waals surface area contributed by atoms with Crippen LogP contribution in [0.25, 0.3) is 0 Å². The van der Waals surface area contributed by atoms with E-state index in [1.54, 1.807) is 0 Å². The van der Waals surface area contributed by atoms with Crippen LogP contribution < -0.4 is 5.32 Å². The molecule has 1 atom stereocenters. The van der Waals surface area contributed by atoms with E-state index >= 15 is 0 Å². The van der Waals surface area contributed by atoms with E-state index in [1.165, 1.54) is 50.5 Å². The largest absolute Gasteiger partial charge is 0.311 e. The van der Waals surface area contributed by atoms with Crippen molar-refractivity contribution < 1.29 is 0 Å². The average molecular weight is 214 g/mol. The van der Waals surface area contributed by atoms with Crippen LogP contribution >= 0.6 is 11.8 Å². The molecule has 0 radical (unpaired) electrons. The van der Waals surface area contributed by atoms with Gasteiger partial charge in [-0.3, -0.25) is 0 Å². The standard InChI is InChI=1S/C11H22N2S/c1-2-13(7-10-3-4-10)8-11-9-14-6-5-12-11/h10-12H,2-9H2,1H3. The molecule has 2 fully saturated rings. The Morgan fingerprint density at radius 2 is 2.21 bits per heavy atom. The lowest BCUT2D eigenvalue weighted by Gasteiger charge is -2.29. The van der Waals surface area contributed by atoms with Crippen LogP contribution in [0.5, 0.6) is 0 Å². The van der Waals surface area contributed by atoms with Gasteiger partial charge in [0.2, 0.25) is 0 Å². The van der Waals surface area contributed by atoms with Gasteiger partial charge in [-0.15, -0.1) is 0 Å². The van der Waals surface area contributed by atoms with Crippen molar-refractivity contribution in [2.45, 2.75) is 25.8 Å². The van der Waals surface area contributed by atoms with Crippen LogP contribution in [-0.2, 0) is 0 Å². The summed E-state index contributed by atoms with van der Waals surface area (Å²) >= 11 is 2.10. The van der Waals surface area contributed by atoms with E-state index in [2.05, 4.69) is 28.9 Å². The second kappa shape index (κ2) is 5.38. The maximum atomic E-state index is 3.62. The fraction of sp³-hybridized carbons (Fsp3) is 1.00. The third-order valence-electron chi connectivity index (χ3n) is 3.14. The zero-order valence-electron chi connectivity index (χ0n) is 9.17. The number of hydrogen-bond acceptors (Lipinski definition) is 3. The predicted molar refractivity (Wildman–Crippen MR) is 64.0 cm³/mol. The van der Waals surface area contributed by atoms with Gasteiger partial charge in [0.25, 0.3) is 0 Å². The highest BCUT2D eigenvalue weighted by Crippen LogP contribution is 2.29. The SMILES string of the molecule is CCN(CC1CC1)CC1CSCCN1. The Bertz CT molecular complexity index is 165. The van der Waals surface area contributed by atoms with E-state index in [-0.39, 0.29) is 0 Å². The fourth-order valence-electron chi connectivity index (χ4n) is 2.05. The van der Waals surface area contributed by atoms with E-state index in [0.717, 1.165) is 12.0 Å². The monoisotopic (exact) mass is 214 g/mol. The van der Waals surface area contributed by atoms with E-state index in [0.29, 0.717) is 0 Å². The van der Waals surface area contributed by atoms with Gasteiger partial charge in [0, 0.05) is 37.2 Å². The lowest BCUT2D eigenvalue weighted by Crippen LogP contribution is -2.46. The topological polar surface area (TPSA) is 15.3 Å². The Labute approximate surface area is 91.8 Å². The van der Waals surface area contributed by atoms with Crippen LogP contribution in [0.15, 0.2) is 0 Å². The first-order valence-electron chi connectivity index (χ1n) is 5.92. The third kappa shape index (κ3) is 3.44. The van der Waals surface area contributed by atoms with Gasteiger partial charge in [0.05, 0.1) is 0 Å². The zero-order chi connectivity index (χ0) is 9.80. The van der Waals surface area contributed by atoms with Crippen molar-refractivity contribution >= 4 is 11.8 Å². The molecule has 1 saturated heterocycles. The molecular formula is C11H22N2S. The molecule has 1 aliphatic heterocycles. The van der Waals surface area contributed by atoms with Crippen molar-refractivity contribution in [3.63, 3.8) is 0 Å². The Hall–Kier alpha value is 0.270. The molecule has 1 unspecified atom stereocenters. The Balaban J connectivity index is 1.68. The zero-order valence-corrected chi connectivity index (χ0v) is 9.98. The fourth-order valence-corrected chi connectivity index (χ4v) is 2.98. The van der Waals surface area contributed by atoms with Gasteiger partial charge in [-0.05, 0) is 25.3 Å². The highest BCUT2D eigenvalue weighted by atomic mass is 32.2. The summed E-state index contributed by atoms with van der Waals surface area (Å²) in [6.07, 6.45) is 2.95. The number of likely N-dealkylation sites (N-methyl/N-ethyl adjacent to an activating group) is 1. The van der Waals surface area contributed by atoms with Crippen LogP contribution in [-0.4, -0.2) is 48.6 Å². The number of nitrogens with zero attached hydrogens (tertiary/aromatic N) is 1. The minimum Gasteiger partial charge on any atom is -0.311 e. The minimum atomic E-state index is 0.743. The summed E-state index contributed by atoms with van der Waals surface area (Å²) in [6, 6.07) is 0.743. The first-order valence-corrected chi connectivity index (χ1v) is 7.07. The first-order chi connectivity index (χ1) is 6.88. The highest BCUT2D eigenvalue weighted by Gasteiger charge is 2.25. The molecule has 82 valence electrons. The minimum absolute atomic E-state index is 0.743. The molecule has 2 nitrogen and oxygen atoms in total. The molecule has 0 aromatic rings. The van der Waals surface area contributed by atoms with Gasteiger partial charge in [0.1, 0.15) is 0 Å². The molecule has 0 bridgehead atoms. The molecule has 2 rings (SSSR count). The van der Waals surface area contributed by atoms with E-state index in [4.69, 9.17) is 0 Å². The smallest absolute Gasteiger partial charge is 0.0285 e. The second-order valence-corrected chi connectivity index (χ2v) is 5.67. The van der Waals surface area contributed by atoms with Crippen LogP contribution in [0, 0.1) is 5.92 Å². The Morgan fingerprint density at radius 1 is 1.36 bits per heavy atom. The van der Waals surface area contributed by atoms with Gasteiger partial charge < -0.3 is 10.2 Å². The maximum absolute atomic E-state index is 3.62. The summed E-state index contributed by atoms with van der Waals surface area (Å²) in [5, 5.41) is 3.62. The van der Waals surface area contributed by atoms with Gasteiger partial charge in [-0.1, -0.05) is 6.92 Å². The maximum Gasteiger partial charge on any atom is 0.0285 e. The van der Waals surface area contributed by atoms with Crippen molar-refractivity contribution in [1.29, 1.82) is 0 Å². The van der Waals surface area contributed by atoms with Crippen molar-refractivity contribution in [2.75, 3.05) is 37.7 Å².